The van der Waals surface area contributed by atoms with Gasteiger partial charge in [-0.15, -0.1) is 0 Å². The van der Waals surface area contributed by atoms with E-state index < -0.39 is 11.9 Å². The minimum Gasteiger partial charge on any atom is -0.481 e. The van der Waals surface area contributed by atoms with Crippen LogP contribution in [-0.2, 0) is 9.59 Å². The first-order chi connectivity index (χ1) is 8.18. The van der Waals surface area contributed by atoms with Crippen molar-refractivity contribution in [2.45, 2.75) is 31.2 Å². The zero-order valence-corrected chi connectivity index (χ0v) is 9.43. The third-order valence-corrected chi connectivity index (χ3v) is 3.09. The van der Waals surface area contributed by atoms with Crippen molar-refractivity contribution in [1.29, 1.82) is 0 Å². The highest BCUT2D eigenvalue weighted by Gasteiger charge is 2.32. The Morgan fingerprint density at radius 3 is 2.65 bits per heavy atom. The van der Waals surface area contributed by atoms with Crippen LogP contribution in [0.1, 0.15) is 30.7 Å². The molecule has 0 saturated carbocycles. The molecular formula is C13H15NO3. The summed E-state index contributed by atoms with van der Waals surface area (Å²) >= 11 is 0. The van der Waals surface area contributed by atoms with Gasteiger partial charge >= 0.3 is 5.97 Å². The first-order valence-electron chi connectivity index (χ1n) is 5.75. The van der Waals surface area contributed by atoms with E-state index in [9.17, 15) is 14.7 Å². The van der Waals surface area contributed by atoms with Gasteiger partial charge in [-0.2, -0.15) is 0 Å². The van der Waals surface area contributed by atoms with Gasteiger partial charge in [0, 0.05) is 12.5 Å². The van der Waals surface area contributed by atoms with E-state index in [0.717, 1.165) is 18.4 Å². The molecule has 0 aromatic heterocycles. The third kappa shape index (κ3) is 2.64. The highest BCUT2D eigenvalue weighted by Crippen LogP contribution is 2.25. The van der Waals surface area contributed by atoms with Crippen LogP contribution in [0.2, 0.25) is 0 Å². The number of carboxylic acids is 1. The van der Waals surface area contributed by atoms with Crippen LogP contribution in [0, 0.1) is 0 Å². The molecule has 0 aliphatic carbocycles. The number of amides is 1. The lowest BCUT2D eigenvalue weighted by Gasteiger charge is -2.28. The van der Waals surface area contributed by atoms with E-state index in [0.29, 0.717) is 6.42 Å². The molecule has 2 N–H and O–H groups in total. The molecule has 0 radical (unpaired) electrons. The highest BCUT2D eigenvalue weighted by atomic mass is 16.4. The first-order valence-corrected chi connectivity index (χ1v) is 5.75. The Balaban J connectivity index is 2.23. The van der Waals surface area contributed by atoms with E-state index in [2.05, 4.69) is 5.32 Å². The Hall–Kier alpha value is -1.84. The van der Waals surface area contributed by atoms with E-state index in [4.69, 9.17) is 0 Å². The number of hydrogen-bond acceptors (Lipinski definition) is 2. The van der Waals surface area contributed by atoms with Crippen molar-refractivity contribution in [3.63, 3.8) is 0 Å². The van der Waals surface area contributed by atoms with Crippen molar-refractivity contribution in [1.82, 2.24) is 5.32 Å². The Bertz CT molecular complexity index is 416. The first kappa shape index (κ1) is 11.6. The van der Waals surface area contributed by atoms with Gasteiger partial charge < -0.3 is 10.4 Å². The molecule has 17 heavy (non-hydrogen) atoms. The fourth-order valence-electron chi connectivity index (χ4n) is 2.29. The van der Waals surface area contributed by atoms with Crippen LogP contribution in [0.15, 0.2) is 30.3 Å². The van der Waals surface area contributed by atoms with Crippen molar-refractivity contribution in [2.75, 3.05) is 0 Å². The van der Waals surface area contributed by atoms with E-state index in [1.54, 1.807) is 12.1 Å². The normalized spacial score (nSPS) is 21.6. The number of carbonyl (C=O) groups is 2. The summed E-state index contributed by atoms with van der Waals surface area (Å²) in [6.45, 7) is 0. The standard InChI is InChI=1S/C13H15NO3/c15-11-8-4-7-10(14-11)12(13(16)17)9-5-2-1-3-6-9/h1-3,5-6,10,12H,4,7-8H2,(H,14,15)(H,16,17)/t10-,12-/m0/s1. The summed E-state index contributed by atoms with van der Waals surface area (Å²) in [6.07, 6.45) is 1.97. The SMILES string of the molecule is O=C1CCC[C@@H]([C@@H](C(=O)O)c2ccccc2)N1. The van der Waals surface area contributed by atoms with Crippen LogP contribution in [0.25, 0.3) is 0 Å². The Labute approximate surface area is 99.6 Å². The molecule has 0 unspecified atom stereocenters. The summed E-state index contributed by atoms with van der Waals surface area (Å²) in [5.41, 5.74) is 0.743. The molecule has 4 nitrogen and oxygen atoms in total. The van der Waals surface area contributed by atoms with Crippen molar-refractivity contribution >= 4 is 11.9 Å². The monoisotopic (exact) mass is 233 g/mol. The quantitative estimate of drug-likeness (QED) is 0.831. The van der Waals surface area contributed by atoms with Crippen molar-refractivity contribution in [3.8, 4) is 0 Å². The third-order valence-electron chi connectivity index (χ3n) is 3.09. The van der Waals surface area contributed by atoms with E-state index in [-0.39, 0.29) is 11.9 Å². The summed E-state index contributed by atoms with van der Waals surface area (Å²) in [6, 6.07) is 8.77. The van der Waals surface area contributed by atoms with Crippen LogP contribution < -0.4 is 5.32 Å². The second-order valence-corrected chi connectivity index (χ2v) is 4.29. The largest absolute Gasteiger partial charge is 0.481 e. The number of carbonyl (C=O) groups excluding carboxylic acids is 1. The molecule has 1 aromatic carbocycles. The number of hydrogen-bond donors (Lipinski definition) is 2. The molecule has 1 fully saturated rings. The molecule has 1 saturated heterocycles. The highest BCUT2D eigenvalue weighted by molar-refractivity contribution is 5.81. The van der Waals surface area contributed by atoms with Crippen molar-refractivity contribution < 1.29 is 14.7 Å². The van der Waals surface area contributed by atoms with Crippen LogP contribution in [0.5, 0.6) is 0 Å². The number of carboxylic acid groups (broad SMARTS) is 1. The molecule has 2 rings (SSSR count). The zero-order valence-electron chi connectivity index (χ0n) is 9.43. The van der Waals surface area contributed by atoms with E-state index in [1.165, 1.54) is 0 Å². The number of aliphatic carboxylic acids is 1. The molecule has 1 amide bonds. The van der Waals surface area contributed by atoms with Gasteiger partial charge in [-0.25, -0.2) is 0 Å². The Morgan fingerprint density at radius 2 is 2.06 bits per heavy atom. The number of piperidine rings is 1. The summed E-state index contributed by atoms with van der Waals surface area (Å²) in [7, 11) is 0. The van der Waals surface area contributed by atoms with Gasteiger partial charge in [-0.3, -0.25) is 9.59 Å². The summed E-state index contributed by atoms with van der Waals surface area (Å²) in [4.78, 5) is 22.7. The van der Waals surface area contributed by atoms with Gasteiger partial charge in [-0.1, -0.05) is 30.3 Å². The topological polar surface area (TPSA) is 66.4 Å². The maximum atomic E-state index is 11.4. The van der Waals surface area contributed by atoms with Crippen LogP contribution >= 0.6 is 0 Å². The molecule has 1 heterocycles. The van der Waals surface area contributed by atoms with Gasteiger partial charge in [0.1, 0.15) is 5.92 Å². The van der Waals surface area contributed by atoms with Gasteiger partial charge in [0.05, 0.1) is 0 Å². The average Bonchev–Trinajstić information content (AvgIpc) is 2.30. The molecule has 4 heteroatoms. The second kappa shape index (κ2) is 4.99. The summed E-state index contributed by atoms with van der Waals surface area (Å²) in [5, 5.41) is 12.1. The lowest BCUT2D eigenvalue weighted by molar-refractivity contribution is -0.140. The smallest absolute Gasteiger partial charge is 0.313 e. The summed E-state index contributed by atoms with van der Waals surface area (Å²) in [5.74, 6) is -1.59. The van der Waals surface area contributed by atoms with Gasteiger partial charge in [0.25, 0.3) is 0 Å². The Kier molecular flexibility index (Phi) is 3.42. The maximum Gasteiger partial charge on any atom is 0.313 e. The van der Waals surface area contributed by atoms with Gasteiger partial charge in [-0.05, 0) is 18.4 Å². The van der Waals surface area contributed by atoms with Crippen LogP contribution in [0.3, 0.4) is 0 Å². The fraction of sp³-hybridized carbons (Fsp3) is 0.385. The Morgan fingerprint density at radius 1 is 1.35 bits per heavy atom. The molecule has 1 aliphatic rings. The van der Waals surface area contributed by atoms with Crippen molar-refractivity contribution in [3.05, 3.63) is 35.9 Å². The predicted octanol–water partition coefficient (Wildman–Crippen LogP) is 1.52. The molecule has 0 bridgehead atoms. The van der Waals surface area contributed by atoms with Crippen LogP contribution in [-0.4, -0.2) is 23.0 Å². The molecular weight excluding hydrogens is 218 g/mol. The van der Waals surface area contributed by atoms with Gasteiger partial charge in [0.2, 0.25) is 5.91 Å². The van der Waals surface area contributed by atoms with E-state index in [1.807, 2.05) is 18.2 Å². The van der Waals surface area contributed by atoms with Gasteiger partial charge in [0.15, 0.2) is 0 Å². The fourth-order valence-corrected chi connectivity index (χ4v) is 2.29. The lowest BCUT2D eigenvalue weighted by atomic mass is 9.86. The summed E-state index contributed by atoms with van der Waals surface area (Å²) < 4.78 is 0. The minimum absolute atomic E-state index is 0.0524. The number of benzene rings is 1. The molecule has 90 valence electrons. The van der Waals surface area contributed by atoms with E-state index >= 15 is 0 Å². The number of nitrogens with one attached hydrogen (secondary N) is 1. The number of rotatable bonds is 3. The zero-order chi connectivity index (χ0) is 12.3. The van der Waals surface area contributed by atoms with Crippen LogP contribution in [0.4, 0.5) is 0 Å². The molecule has 2 atom stereocenters. The second-order valence-electron chi connectivity index (χ2n) is 4.29. The maximum absolute atomic E-state index is 11.4. The van der Waals surface area contributed by atoms with Crippen molar-refractivity contribution in [2.24, 2.45) is 0 Å². The molecule has 1 aliphatic heterocycles. The minimum atomic E-state index is -0.886. The average molecular weight is 233 g/mol. The molecule has 1 aromatic rings. The molecule has 0 spiro atoms. The lowest BCUT2D eigenvalue weighted by Crippen LogP contribution is -2.44. The predicted molar refractivity (Wildman–Crippen MR) is 62.6 cm³/mol.